The Morgan fingerprint density at radius 2 is 1.84 bits per heavy atom. The van der Waals surface area contributed by atoms with E-state index in [4.69, 9.17) is 4.74 Å². The quantitative estimate of drug-likeness (QED) is 0.735. The van der Waals surface area contributed by atoms with E-state index in [0.717, 1.165) is 18.5 Å². The van der Waals surface area contributed by atoms with E-state index in [1.165, 1.54) is 28.6 Å². The standard InChI is InChI=1S/C22H26FN3O4S/c23-18-6-8-19(9-7-18)25-10-12-26(13-11-25)31(28,29)21-5-1-3-17(15-21)22(27)24-16-20-4-2-14-30-20/h1,3,5-9,15,20H,2,4,10-14,16H2,(H,24,27). The van der Waals surface area contributed by atoms with Crippen molar-refractivity contribution >= 4 is 21.6 Å². The van der Waals surface area contributed by atoms with E-state index in [9.17, 15) is 17.6 Å². The van der Waals surface area contributed by atoms with Crippen LogP contribution in [-0.4, -0.2) is 64.1 Å². The first kappa shape index (κ1) is 21.7. The van der Waals surface area contributed by atoms with E-state index in [-0.39, 0.29) is 22.7 Å². The van der Waals surface area contributed by atoms with Crippen LogP contribution < -0.4 is 10.2 Å². The third-order valence-electron chi connectivity index (χ3n) is 5.68. The van der Waals surface area contributed by atoms with Gasteiger partial charge in [-0.1, -0.05) is 6.07 Å². The van der Waals surface area contributed by atoms with Gasteiger partial charge in [-0.2, -0.15) is 4.31 Å². The molecule has 0 aromatic heterocycles. The Morgan fingerprint density at radius 3 is 2.52 bits per heavy atom. The highest BCUT2D eigenvalue weighted by Gasteiger charge is 2.29. The number of halogens is 1. The molecule has 7 nitrogen and oxygen atoms in total. The van der Waals surface area contributed by atoms with Gasteiger partial charge < -0.3 is 15.0 Å². The average molecular weight is 448 g/mol. The first-order chi connectivity index (χ1) is 14.9. The summed E-state index contributed by atoms with van der Waals surface area (Å²) in [6.45, 7) is 2.77. The Kier molecular flexibility index (Phi) is 6.54. The number of amides is 1. The molecule has 1 amide bonds. The number of piperazine rings is 1. The average Bonchev–Trinajstić information content (AvgIpc) is 3.32. The van der Waals surface area contributed by atoms with E-state index in [1.54, 1.807) is 24.3 Å². The molecule has 1 N–H and O–H groups in total. The largest absolute Gasteiger partial charge is 0.376 e. The van der Waals surface area contributed by atoms with Crippen LogP contribution in [0.4, 0.5) is 10.1 Å². The molecule has 1 atom stereocenters. The molecular formula is C22H26FN3O4S. The minimum Gasteiger partial charge on any atom is -0.376 e. The van der Waals surface area contributed by atoms with E-state index >= 15 is 0 Å². The lowest BCUT2D eigenvalue weighted by atomic mass is 10.2. The van der Waals surface area contributed by atoms with Crippen molar-refractivity contribution in [3.63, 3.8) is 0 Å². The Morgan fingerprint density at radius 1 is 1.10 bits per heavy atom. The monoisotopic (exact) mass is 447 g/mol. The second-order valence-corrected chi connectivity index (χ2v) is 9.68. The molecule has 0 bridgehead atoms. The zero-order valence-corrected chi connectivity index (χ0v) is 18.0. The maximum absolute atomic E-state index is 13.1. The lowest BCUT2D eigenvalue weighted by Gasteiger charge is -2.35. The normalized spacial score (nSPS) is 20.0. The Hall–Kier alpha value is -2.49. The molecule has 4 rings (SSSR count). The molecule has 2 fully saturated rings. The molecule has 2 saturated heterocycles. The minimum atomic E-state index is -3.72. The molecule has 9 heteroatoms. The summed E-state index contributed by atoms with van der Waals surface area (Å²) < 4.78 is 46.3. The van der Waals surface area contributed by atoms with Crippen LogP contribution in [0.1, 0.15) is 23.2 Å². The highest BCUT2D eigenvalue weighted by molar-refractivity contribution is 7.89. The fourth-order valence-electron chi connectivity index (χ4n) is 3.90. The predicted octanol–water partition coefficient (Wildman–Crippen LogP) is 2.25. The fraction of sp³-hybridized carbons (Fsp3) is 0.409. The molecule has 0 radical (unpaired) electrons. The molecular weight excluding hydrogens is 421 g/mol. The van der Waals surface area contributed by atoms with Crippen LogP contribution in [0.3, 0.4) is 0 Å². The zero-order valence-electron chi connectivity index (χ0n) is 17.2. The lowest BCUT2D eigenvalue weighted by molar-refractivity contribution is 0.0857. The van der Waals surface area contributed by atoms with Crippen molar-refractivity contribution in [1.82, 2.24) is 9.62 Å². The van der Waals surface area contributed by atoms with E-state index < -0.39 is 10.0 Å². The number of nitrogens with zero attached hydrogens (tertiary/aromatic N) is 2. The van der Waals surface area contributed by atoms with Gasteiger partial charge in [0.25, 0.3) is 5.91 Å². The van der Waals surface area contributed by atoms with Gasteiger partial charge in [0.1, 0.15) is 5.82 Å². The molecule has 0 spiro atoms. The number of hydrogen-bond acceptors (Lipinski definition) is 5. The van der Waals surface area contributed by atoms with Crippen LogP contribution in [0.2, 0.25) is 0 Å². The fourth-order valence-corrected chi connectivity index (χ4v) is 5.37. The van der Waals surface area contributed by atoms with Crippen molar-refractivity contribution in [2.75, 3.05) is 44.2 Å². The van der Waals surface area contributed by atoms with Crippen LogP contribution in [0.5, 0.6) is 0 Å². The summed E-state index contributed by atoms with van der Waals surface area (Å²) in [5, 5.41) is 2.82. The highest BCUT2D eigenvalue weighted by Crippen LogP contribution is 2.22. The van der Waals surface area contributed by atoms with Gasteiger partial charge in [-0.3, -0.25) is 4.79 Å². The number of anilines is 1. The van der Waals surface area contributed by atoms with Crippen LogP contribution in [-0.2, 0) is 14.8 Å². The molecule has 2 aliphatic heterocycles. The Labute approximate surface area is 181 Å². The summed E-state index contributed by atoms with van der Waals surface area (Å²) in [6, 6.07) is 12.3. The molecule has 2 heterocycles. The van der Waals surface area contributed by atoms with Crippen LogP contribution >= 0.6 is 0 Å². The first-order valence-corrected chi connectivity index (χ1v) is 11.9. The van der Waals surface area contributed by atoms with Crippen LogP contribution in [0.15, 0.2) is 53.4 Å². The number of benzene rings is 2. The van der Waals surface area contributed by atoms with E-state index in [1.807, 2.05) is 4.90 Å². The molecule has 0 aliphatic carbocycles. The number of nitrogens with one attached hydrogen (secondary N) is 1. The molecule has 2 aromatic rings. The van der Waals surface area contributed by atoms with Gasteiger partial charge >= 0.3 is 0 Å². The lowest BCUT2D eigenvalue weighted by Crippen LogP contribution is -2.48. The van der Waals surface area contributed by atoms with Gasteiger partial charge in [0.05, 0.1) is 11.0 Å². The smallest absolute Gasteiger partial charge is 0.251 e. The van der Waals surface area contributed by atoms with Gasteiger partial charge in [-0.15, -0.1) is 0 Å². The van der Waals surface area contributed by atoms with Crippen molar-refractivity contribution in [1.29, 1.82) is 0 Å². The van der Waals surface area contributed by atoms with Crippen LogP contribution in [0, 0.1) is 5.82 Å². The number of hydrogen-bond donors (Lipinski definition) is 1. The Bertz CT molecular complexity index is 1020. The maximum atomic E-state index is 13.1. The number of sulfonamides is 1. The molecule has 166 valence electrons. The van der Waals surface area contributed by atoms with E-state index in [0.29, 0.717) is 44.9 Å². The van der Waals surface area contributed by atoms with Gasteiger partial charge in [0.2, 0.25) is 10.0 Å². The van der Waals surface area contributed by atoms with Gasteiger partial charge in [0.15, 0.2) is 0 Å². The minimum absolute atomic E-state index is 0.0215. The summed E-state index contributed by atoms with van der Waals surface area (Å²) in [4.78, 5) is 14.6. The second kappa shape index (κ2) is 9.33. The van der Waals surface area contributed by atoms with Gasteiger partial charge in [-0.25, -0.2) is 12.8 Å². The Balaban J connectivity index is 1.40. The van der Waals surface area contributed by atoms with Crippen LogP contribution in [0.25, 0.3) is 0 Å². The topological polar surface area (TPSA) is 78.9 Å². The highest BCUT2D eigenvalue weighted by atomic mass is 32.2. The summed E-state index contributed by atoms with van der Waals surface area (Å²) >= 11 is 0. The third-order valence-corrected chi connectivity index (χ3v) is 7.57. The molecule has 1 unspecified atom stereocenters. The number of rotatable bonds is 6. The van der Waals surface area contributed by atoms with Gasteiger partial charge in [-0.05, 0) is 55.3 Å². The molecule has 2 aromatic carbocycles. The van der Waals surface area contributed by atoms with Crippen molar-refractivity contribution < 1.29 is 22.3 Å². The number of ether oxygens (including phenoxy) is 1. The number of carbonyl (C=O) groups excluding carboxylic acids is 1. The van der Waals surface area contributed by atoms with Crippen molar-refractivity contribution in [3.8, 4) is 0 Å². The zero-order chi connectivity index (χ0) is 21.8. The second-order valence-electron chi connectivity index (χ2n) is 7.74. The SMILES string of the molecule is O=C(NCC1CCCO1)c1cccc(S(=O)(=O)N2CCN(c3ccc(F)cc3)CC2)c1. The first-order valence-electron chi connectivity index (χ1n) is 10.4. The maximum Gasteiger partial charge on any atom is 0.251 e. The summed E-state index contributed by atoms with van der Waals surface area (Å²) in [5.74, 6) is -0.613. The molecule has 2 aliphatic rings. The molecule has 31 heavy (non-hydrogen) atoms. The summed E-state index contributed by atoms with van der Waals surface area (Å²) in [5.41, 5.74) is 1.17. The third kappa shape index (κ3) is 5.06. The van der Waals surface area contributed by atoms with Crippen molar-refractivity contribution in [2.24, 2.45) is 0 Å². The predicted molar refractivity (Wildman–Crippen MR) is 115 cm³/mol. The molecule has 0 saturated carbocycles. The van der Waals surface area contributed by atoms with Crippen molar-refractivity contribution in [3.05, 3.63) is 59.9 Å². The van der Waals surface area contributed by atoms with Crippen molar-refractivity contribution in [2.45, 2.75) is 23.8 Å². The van der Waals surface area contributed by atoms with Gasteiger partial charge in [0, 0.05) is 50.6 Å². The summed E-state index contributed by atoms with van der Waals surface area (Å²) in [6.07, 6.45) is 1.93. The number of carbonyl (C=O) groups is 1. The summed E-state index contributed by atoms with van der Waals surface area (Å²) in [7, 11) is -3.72. The van der Waals surface area contributed by atoms with E-state index in [2.05, 4.69) is 5.32 Å².